The molecule has 0 N–H and O–H groups in total. The van der Waals surface area contributed by atoms with Crippen molar-refractivity contribution in [2.45, 2.75) is 0 Å². The number of halogens is 1. The Morgan fingerprint density at radius 3 is 2.64 bits per heavy atom. The molecule has 0 saturated carbocycles. The normalized spacial score (nSPS) is 9.64. The minimum Gasteiger partial charge on any atom is -0.293 e. The van der Waals surface area contributed by atoms with Crippen LogP contribution in [0.25, 0.3) is 0 Å². The van der Waals surface area contributed by atoms with Crippen molar-refractivity contribution in [3.05, 3.63) is 35.6 Å². The molecular weight excluding hydrogens is 163 g/mol. The van der Waals surface area contributed by atoms with Gasteiger partial charge in [-0.2, -0.15) is 0 Å². The third kappa shape index (κ3) is 1.80. The summed E-state index contributed by atoms with van der Waals surface area (Å²) in [6.45, 7) is 0. The number of carbonyl (C=O) groups excluding carboxylic acids is 1. The Labute approximate surface area is 69.6 Å². The van der Waals surface area contributed by atoms with Gasteiger partial charge >= 0.3 is 0 Å². The quantitative estimate of drug-likeness (QED) is 0.620. The fraction of sp³-hybridized carbons (Fsp3) is 0.125. The average Bonchev–Trinajstić information content (AvgIpc) is 2.04. The zero-order valence-electron chi connectivity index (χ0n) is 5.71. The molecule has 0 fully saturated rings. The smallest absolute Gasteiger partial charge is 0.176 e. The molecule has 1 radical (unpaired) electrons. The maximum Gasteiger partial charge on any atom is 0.176 e. The number of benzene rings is 1. The molecule has 1 nitrogen and oxygen atoms in total. The van der Waals surface area contributed by atoms with Crippen molar-refractivity contribution < 1.29 is 9.18 Å². The minimum absolute atomic E-state index is 0.0685. The van der Waals surface area contributed by atoms with Gasteiger partial charge in [0.25, 0.3) is 0 Å². The first-order chi connectivity index (χ1) is 5.25. The van der Waals surface area contributed by atoms with Crippen LogP contribution in [-0.2, 0) is 0 Å². The standard InChI is InChI=1S/C8H6FOS/c9-7-4-2-1-3-6(7)8(10)5-11/h1-4H,5H2. The first-order valence-corrected chi connectivity index (χ1v) is 3.69. The van der Waals surface area contributed by atoms with Crippen LogP contribution in [0.4, 0.5) is 4.39 Å². The lowest BCUT2D eigenvalue weighted by molar-refractivity contribution is 0.101. The highest BCUT2D eigenvalue weighted by molar-refractivity contribution is 7.81. The van der Waals surface area contributed by atoms with Gasteiger partial charge in [0.2, 0.25) is 0 Å². The second-order valence-corrected chi connectivity index (χ2v) is 2.34. The molecule has 1 rings (SSSR count). The molecule has 1 aromatic carbocycles. The summed E-state index contributed by atoms with van der Waals surface area (Å²) in [5, 5.41) is 0. The van der Waals surface area contributed by atoms with Crippen LogP contribution in [0, 0.1) is 5.82 Å². The molecule has 11 heavy (non-hydrogen) atoms. The molecule has 3 heteroatoms. The van der Waals surface area contributed by atoms with E-state index in [0.717, 1.165) is 0 Å². The summed E-state index contributed by atoms with van der Waals surface area (Å²) < 4.78 is 12.8. The van der Waals surface area contributed by atoms with Crippen molar-refractivity contribution in [2.24, 2.45) is 0 Å². The number of hydrogen-bond acceptors (Lipinski definition) is 1. The van der Waals surface area contributed by atoms with E-state index in [1.165, 1.54) is 18.2 Å². The molecule has 0 unspecified atom stereocenters. The molecule has 0 heterocycles. The van der Waals surface area contributed by atoms with Gasteiger partial charge in [0, 0.05) is 0 Å². The summed E-state index contributed by atoms with van der Waals surface area (Å²) in [5.41, 5.74) is 0.0856. The Kier molecular flexibility index (Phi) is 2.65. The van der Waals surface area contributed by atoms with Crippen molar-refractivity contribution in [3.8, 4) is 0 Å². The molecule has 0 saturated heterocycles. The van der Waals surface area contributed by atoms with Gasteiger partial charge in [-0.05, 0) is 12.1 Å². The lowest BCUT2D eigenvalue weighted by Crippen LogP contribution is -2.02. The Balaban J connectivity index is 3.03. The fourth-order valence-electron chi connectivity index (χ4n) is 0.765. The van der Waals surface area contributed by atoms with Crippen LogP contribution in [0.3, 0.4) is 0 Å². The van der Waals surface area contributed by atoms with Crippen molar-refractivity contribution in [2.75, 3.05) is 5.75 Å². The van der Waals surface area contributed by atoms with E-state index in [1.54, 1.807) is 6.07 Å². The highest BCUT2D eigenvalue weighted by atomic mass is 32.1. The van der Waals surface area contributed by atoms with Crippen molar-refractivity contribution in [3.63, 3.8) is 0 Å². The molecule has 0 aliphatic carbocycles. The van der Waals surface area contributed by atoms with Crippen LogP contribution < -0.4 is 0 Å². The van der Waals surface area contributed by atoms with Crippen LogP contribution in [0.1, 0.15) is 10.4 Å². The fourth-order valence-corrected chi connectivity index (χ4v) is 0.921. The van der Waals surface area contributed by atoms with Gasteiger partial charge in [-0.3, -0.25) is 4.79 Å². The largest absolute Gasteiger partial charge is 0.293 e. The predicted octanol–water partition coefficient (Wildman–Crippen LogP) is 2.21. The molecule has 0 aliphatic rings. The molecule has 0 atom stereocenters. The van der Waals surface area contributed by atoms with Gasteiger partial charge in [-0.15, -0.1) is 0 Å². The molecular formula is C8H6FOS. The first kappa shape index (κ1) is 8.27. The van der Waals surface area contributed by atoms with E-state index in [2.05, 4.69) is 12.6 Å². The van der Waals surface area contributed by atoms with Gasteiger partial charge < -0.3 is 0 Å². The van der Waals surface area contributed by atoms with E-state index < -0.39 is 5.82 Å². The molecule has 1 aromatic rings. The summed E-state index contributed by atoms with van der Waals surface area (Å²) >= 11 is 4.50. The third-order valence-electron chi connectivity index (χ3n) is 1.31. The SMILES string of the molecule is O=C(C[S])c1ccccc1F. The Morgan fingerprint density at radius 1 is 1.45 bits per heavy atom. The third-order valence-corrected chi connectivity index (χ3v) is 1.57. The maximum atomic E-state index is 12.8. The predicted molar refractivity (Wildman–Crippen MR) is 43.2 cm³/mol. The molecule has 0 aromatic heterocycles. The van der Waals surface area contributed by atoms with E-state index in [4.69, 9.17) is 0 Å². The highest BCUT2D eigenvalue weighted by Gasteiger charge is 2.07. The van der Waals surface area contributed by atoms with Crippen LogP contribution in [0.5, 0.6) is 0 Å². The van der Waals surface area contributed by atoms with Crippen LogP contribution in [0.2, 0.25) is 0 Å². The molecule has 0 bridgehead atoms. The number of hydrogen-bond donors (Lipinski definition) is 0. The van der Waals surface area contributed by atoms with E-state index >= 15 is 0 Å². The number of ketones is 1. The van der Waals surface area contributed by atoms with Crippen LogP contribution in [0.15, 0.2) is 24.3 Å². The number of rotatable bonds is 2. The highest BCUT2D eigenvalue weighted by Crippen LogP contribution is 2.07. The van der Waals surface area contributed by atoms with E-state index in [0.29, 0.717) is 0 Å². The van der Waals surface area contributed by atoms with E-state index in [9.17, 15) is 9.18 Å². The summed E-state index contributed by atoms with van der Waals surface area (Å²) in [7, 11) is 0. The van der Waals surface area contributed by atoms with E-state index in [1.807, 2.05) is 0 Å². The van der Waals surface area contributed by atoms with Crippen LogP contribution >= 0.6 is 12.6 Å². The topological polar surface area (TPSA) is 17.1 Å². The van der Waals surface area contributed by atoms with Crippen LogP contribution in [-0.4, -0.2) is 11.5 Å². The van der Waals surface area contributed by atoms with Crippen molar-refractivity contribution in [1.82, 2.24) is 0 Å². The van der Waals surface area contributed by atoms with Gasteiger partial charge in [-0.25, -0.2) is 4.39 Å². The van der Waals surface area contributed by atoms with Gasteiger partial charge in [-0.1, -0.05) is 24.8 Å². The van der Waals surface area contributed by atoms with Crippen molar-refractivity contribution >= 4 is 18.4 Å². The van der Waals surface area contributed by atoms with Gasteiger partial charge in [0.15, 0.2) is 5.78 Å². The zero-order chi connectivity index (χ0) is 8.27. The lowest BCUT2D eigenvalue weighted by Gasteiger charge is -1.96. The Bertz CT molecular complexity index is 273. The molecule has 0 aliphatic heterocycles. The second kappa shape index (κ2) is 3.53. The minimum atomic E-state index is -0.498. The van der Waals surface area contributed by atoms with E-state index in [-0.39, 0.29) is 17.1 Å². The monoisotopic (exact) mass is 169 g/mol. The second-order valence-electron chi connectivity index (χ2n) is 2.05. The summed E-state index contributed by atoms with van der Waals surface area (Å²) in [4.78, 5) is 10.9. The maximum absolute atomic E-state index is 12.8. The van der Waals surface area contributed by atoms with Crippen molar-refractivity contribution in [1.29, 1.82) is 0 Å². The average molecular weight is 169 g/mol. The molecule has 0 amide bonds. The summed E-state index contributed by atoms with van der Waals surface area (Å²) in [6, 6.07) is 5.83. The number of carbonyl (C=O) groups is 1. The molecule has 0 spiro atoms. The Morgan fingerprint density at radius 2 is 2.09 bits per heavy atom. The Hall–Kier alpha value is -0.830. The van der Waals surface area contributed by atoms with Gasteiger partial charge in [0.05, 0.1) is 11.3 Å². The first-order valence-electron chi connectivity index (χ1n) is 3.11. The lowest BCUT2D eigenvalue weighted by atomic mass is 10.1. The molecule has 57 valence electrons. The number of Topliss-reactive ketones (excluding diaryl/α,β-unsaturated/α-hetero) is 1. The summed E-state index contributed by atoms with van der Waals surface area (Å²) in [5.74, 6) is -0.901. The van der Waals surface area contributed by atoms with Gasteiger partial charge in [0.1, 0.15) is 5.82 Å². The zero-order valence-corrected chi connectivity index (χ0v) is 6.53. The summed E-state index contributed by atoms with van der Waals surface area (Å²) in [6.07, 6.45) is 0.